The monoisotopic (exact) mass is 236 g/mol. The van der Waals surface area contributed by atoms with Crippen molar-refractivity contribution in [3.05, 3.63) is 35.9 Å². The van der Waals surface area contributed by atoms with E-state index in [0.717, 1.165) is 5.56 Å². The van der Waals surface area contributed by atoms with Gasteiger partial charge >= 0.3 is 5.97 Å². The van der Waals surface area contributed by atoms with E-state index < -0.39 is 17.9 Å². The molecule has 1 rings (SSSR count). The van der Waals surface area contributed by atoms with Crippen LogP contribution in [0.25, 0.3) is 0 Å². The Balaban J connectivity index is 2.67. The van der Waals surface area contributed by atoms with Crippen molar-refractivity contribution in [2.45, 2.75) is 25.4 Å². The van der Waals surface area contributed by atoms with Crippen LogP contribution in [-0.4, -0.2) is 23.0 Å². The van der Waals surface area contributed by atoms with Crippen LogP contribution in [0.15, 0.2) is 30.3 Å². The van der Waals surface area contributed by atoms with Gasteiger partial charge in [-0.2, -0.15) is 0 Å². The van der Waals surface area contributed by atoms with Gasteiger partial charge in [0.2, 0.25) is 5.91 Å². The van der Waals surface area contributed by atoms with Crippen LogP contribution in [0.4, 0.5) is 0 Å². The van der Waals surface area contributed by atoms with Crippen LogP contribution < -0.4 is 11.1 Å². The fraction of sp³-hybridized carbons (Fsp3) is 0.333. The molecule has 2 unspecified atom stereocenters. The predicted molar refractivity (Wildman–Crippen MR) is 63.2 cm³/mol. The van der Waals surface area contributed by atoms with Gasteiger partial charge in [-0.3, -0.25) is 14.9 Å². The zero-order chi connectivity index (χ0) is 12.8. The van der Waals surface area contributed by atoms with Crippen molar-refractivity contribution in [3.63, 3.8) is 0 Å². The number of nitrogens with two attached hydrogens (primary N) is 1. The Labute approximate surface area is 99.6 Å². The van der Waals surface area contributed by atoms with Crippen molar-refractivity contribution in [2.75, 3.05) is 0 Å². The first-order valence-corrected chi connectivity index (χ1v) is 5.33. The summed E-state index contributed by atoms with van der Waals surface area (Å²) in [7, 11) is 0. The molecular formula is C12H16N2O3. The highest BCUT2D eigenvalue weighted by Crippen LogP contribution is 2.12. The largest absolute Gasteiger partial charge is 0.480 e. The number of carbonyl (C=O) groups excluding carboxylic acids is 1. The molecule has 17 heavy (non-hydrogen) atoms. The Morgan fingerprint density at radius 1 is 1.35 bits per heavy atom. The third kappa shape index (κ3) is 4.24. The van der Waals surface area contributed by atoms with Crippen molar-refractivity contribution in [1.29, 1.82) is 0 Å². The maximum atomic E-state index is 10.9. The first-order chi connectivity index (χ1) is 8.00. The first kappa shape index (κ1) is 13.2. The summed E-state index contributed by atoms with van der Waals surface area (Å²) in [6.45, 7) is 1.84. The second kappa shape index (κ2) is 6.00. The quantitative estimate of drug-likeness (QED) is 0.676. The highest BCUT2D eigenvalue weighted by Gasteiger charge is 2.21. The van der Waals surface area contributed by atoms with E-state index in [4.69, 9.17) is 10.8 Å². The summed E-state index contributed by atoms with van der Waals surface area (Å²) in [6, 6.07) is 8.30. The minimum absolute atomic E-state index is 0.156. The standard InChI is InChI=1S/C12H16N2O3/c1-8(9-5-3-2-4-6-9)14-10(12(16)17)7-11(13)15/h2-6,8,10,14H,7H2,1H3,(H2,13,15)(H,16,17). The fourth-order valence-corrected chi connectivity index (χ4v) is 1.56. The van der Waals surface area contributed by atoms with Gasteiger partial charge in [0.15, 0.2) is 0 Å². The minimum atomic E-state index is -1.08. The van der Waals surface area contributed by atoms with Crippen LogP contribution in [0.3, 0.4) is 0 Å². The van der Waals surface area contributed by atoms with Gasteiger partial charge in [-0.1, -0.05) is 30.3 Å². The molecule has 0 spiro atoms. The molecule has 92 valence electrons. The predicted octanol–water partition coefficient (Wildman–Crippen LogP) is 0.666. The van der Waals surface area contributed by atoms with Crippen LogP contribution in [0.2, 0.25) is 0 Å². The van der Waals surface area contributed by atoms with E-state index in [0.29, 0.717) is 0 Å². The number of hydrogen-bond donors (Lipinski definition) is 3. The maximum absolute atomic E-state index is 10.9. The highest BCUT2D eigenvalue weighted by atomic mass is 16.4. The molecule has 0 fully saturated rings. The minimum Gasteiger partial charge on any atom is -0.480 e. The second-order valence-electron chi connectivity index (χ2n) is 3.86. The molecule has 0 aliphatic rings. The van der Waals surface area contributed by atoms with Crippen molar-refractivity contribution in [3.8, 4) is 0 Å². The van der Waals surface area contributed by atoms with Crippen LogP contribution in [0, 0.1) is 0 Å². The number of hydrogen-bond acceptors (Lipinski definition) is 3. The summed E-state index contributed by atoms with van der Waals surface area (Å²) >= 11 is 0. The Morgan fingerprint density at radius 3 is 2.41 bits per heavy atom. The van der Waals surface area contributed by atoms with Gasteiger partial charge in [0.25, 0.3) is 0 Å². The van der Waals surface area contributed by atoms with Crippen LogP contribution in [-0.2, 0) is 9.59 Å². The summed E-state index contributed by atoms with van der Waals surface area (Å²) in [4.78, 5) is 21.7. The molecule has 1 amide bonds. The Hall–Kier alpha value is -1.88. The first-order valence-electron chi connectivity index (χ1n) is 5.33. The van der Waals surface area contributed by atoms with Gasteiger partial charge < -0.3 is 10.8 Å². The lowest BCUT2D eigenvalue weighted by molar-refractivity contribution is -0.141. The Bertz CT molecular complexity index is 392. The maximum Gasteiger partial charge on any atom is 0.321 e. The summed E-state index contributed by atoms with van der Waals surface area (Å²) in [5.41, 5.74) is 5.96. The van der Waals surface area contributed by atoms with Crippen LogP contribution in [0.5, 0.6) is 0 Å². The van der Waals surface area contributed by atoms with E-state index in [-0.39, 0.29) is 12.5 Å². The fourth-order valence-electron chi connectivity index (χ4n) is 1.56. The van der Waals surface area contributed by atoms with E-state index in [1.807, 2.05) is 37.3 Å². The van der Waals surface area contributed by atoms with E-state index in [1.54, 1.807) is 0 Å². The number of carboxylic acids is 1. The number of carbonyl (C=O) groups is 2. The molecule has 5 heteroatoms. The molecule has 1 aromatic rings. The van der Waals surface area contributed by atoms with Gasteiger partial charge in [-0.15, -0.1) is 0 Å². The number of primary amides is 1. The highest BCUT2D eigenvalue weighted by molar-refractivity contribution is 5.83. The molecule has 0 heterocycles. The molecule has 0 bridgehead atoms. The summed E-state index contributed by atoms with van der Waals surface area (Å²) in [6.07, 6.45) is -0.216. The lowest BCUT2D eigenvalue weighted by Gasteiger charge is -2.19. The molecule has 1 aromatic carbocycles. The molecule has 0 aliphatic carbocycles. The van der Waals surface area contributed by atoms with E-state index in [2.05, 4.69) is 5.32 Å². The van der Waals surface area contributed by atoms with Gasteiger partial charge in [0.05, 0.1) is 6.42 Å². The van der Waals surface area contributed by atoms with Crippen LogP contribution >= 0.6 is 0 Å². The normalized spacial score (nSPS) is 13.9. The number of aliphatic carboxylic acids is 1. The molecular weight excluding hydrogens is 220 g/mol. The number of amides is 1. The van der Waals surface area contributed by atoms with E-state index in [9.17, 15) is 9.59 Å². The molecule has 0 aromatic heterocycles. The van der Waals surface area contributed by atoms with E-state index >= 15 is 0 Å². The van der Waals surface area contributed by atoms with Crippen LogP contribution in [0.1, 0.15) is 24.9 Å². The van der Waals surface area contributed by atoms with Crippen molar-refractivity contribution < 1.29 is 14.7 Å². The lowest BCUT2D eigenvalue weighted by atomic mass is 10.1. The zero-order valence-corrected chi connectivity index (χ0v) is 9.59. The molecule has 0 saturated heterocycles. The third-order valence-corrected chi connectivity index (χ3v) is 2.45. The average Bonchev–Trinajstić information content (AvgIpc) is 2.28. The zero-order valence-electron chi connectivity index (χ0n) is 9.59. The van der Waals surface area contributed by atoms with Gasteiger partial charge in [-0.25, -0.2) is 0 Å². The Morgan fingerprint density at radius 2 is 1.94 bits per heavy atom. The average molecular weight is 236 g/mol. The molecule has 4 N–H and O–H groups in total. The number of carboxylic acid groups (broad SMARTS) is 1. The smallest absolute Gasteiger partial charge is 0.321 e. The SMILES string of the molecule is CC(NC(CC(N)=O)C(=O)O)c1ccccc1. The van der Waals surface area contributed by atoms with Crippen molar-refractivity contribution in [1.82, 2.24) is 5.32 Å². The number of rotatable bonds is 6. The van der Waals surface area contributed by atoms with Gasteiger partial charge in [-0.05, 0) is 12.5 Å². The number of benzene rings is 1. The summed E-state index contributed by atoms with van der Waals surface area (Å²) < 4.78 is 0. The topological polar surface area (TPSA) is 92.4 Å². The van der Waals surface area contributed by atoms with E-state index in [1.165, 1.54) is 0 Å². The third-order valence-electron chi connectivity index (χ3n) is 2.45. The summed E-state index contributed by atoms with van der Waals surface area (Å²) in [5, 5.41) is 11.8. The molecule has 5 nitrogen and oxygen atoms in total. The Kier molecular flexibility index (Phi) is 4.66. The lowest BCUT2D eigenvalue weighted by Crippen LogP contribution is -2.41. The number of nitrogens with one attached hydrogen (secondary N) is 1. The summed E-state index contributed by atoms with van der Waals surface area (Å²) in [5.74, 6) is -1.71. The van der Waals surface area contributed by atoms with Crippen molar-refractivity contribution in [2.24, 2.45) is 5.73 Å². The second-order valence-corrected chi connectivity index (χ2v) is 3.86. The molecule has 0 radical (unpaired) electrons. The van der Waals surface area contributed by atoms with Gasteiger partial charge in [0.1, 0.15) is 6.04 Å². The molecule has 0 aliphatic heterocycles. The molecule has 2 atom stereocenters. The molecule has 0 saturated carbocycles. The van der Waals surface area contributed by atoms with Gasteiger partial charge in [0, 0.05) is 6.04 Å². The van der Waals surface area contributed by atoms with Crippen molar-refractivity contribution >= 4 is 11.9 Å².